The smallest absolute Gasteiger partial charge is 0.0819 e. The Morgan fingerprint density at radius 2 is 2.50 bits per heavy atom. The van der Waals surface area contributed by atoms with Crippen LogP contribution in [0.1, 0.15) is 6.42 Å². The number of nitroso groups, excluding NO2 is 1. The summed E-state index contributed by atoms with van der Waals surface area (Å²) in [6, 6.07) is 0. The zero-order chi connectivity index (χ0) is 6.24. The topological polar surface area (TPSA) is 38.7 Å². The quantitative estimate of drug-likeness (QED) is 0.325. The molecule has 48 valence electrons. The van der Waals surface area contributed by atoms with Crippen LogP contribution in [0.5, 0.6) is 0 Å². The fourth-order valence-corrected chi connectivity index (χ4v) is 0.685. The Labute approximate surface area is 53.0 Å². The molecular formula is C4H9NO2S. The minimum Gasteiger partial charge on any atom is -0.319 e. The van der Waals surface area contributed by atoms with Gasteiger partial charge in [-0.05, 0) is 18.5 Å². The summed E-state index contributed by atoms with van der Waals surface area (Å²) < 4.78 is 4.66. The maximum Gasteiger partial charge on any atom is 0.0819 e. The van der Waals surface area contributed by atoms with Crippen molar-refractivity contribution >= 4 is 12.0 Å². The fourth-order valence-electron chi connectivity index (χ4n) is 0.271. The molecule has 3 nitrogen and oxygen atoms in total. The van der Waals surface area contributed by atoms with Crippen molar-refractivity contribution in [1.29, 1.82) is 0 Å². The van der Waals surface area contributed by atoms with Gasteiger partial charge in [0, 0.05) is 5.75 Å². The molecule has 0 amide bonds. The summed E-state index contributed by atoms with van der Waals surface area (Å²) >= 11 is 1.35. The number of hydrogen-bond donors (Lipinski definition) is 0. The third-order valence-electron chi connectivity index (χ3n) is 0.595. The maximum absolute atomic E-state index is 9.47. The van der Waals surface area contributed by atoms with Gasteiger partial charge in [0.05, 0.1) is 13.7 Å². The molecule has 0 aromatic rings. The number of nitrogens with zero attached hydrogens (tertiary/aromatic N) is 1. The van der Waals surface area contributed by atoms with Gasteiger partial charge < -0.3 is 4.18 Å². The van der Waals surface area contributed by atoms with Crippen molar-refractivity contribution in [3.05, 3.63) is 4.91 Å². The first kappa shape index (κ1) is 7.91. The molecule has 0 bridgehead atoms. The summed E-state index contributed by atoms with van der Waals surface area (Å²) in [4.78, 5) is 9.47. The molecule has 0 saturated carbocycles. The van der Waals surface area contributed by atoms with E-state index < -0.39 is 0 Å². The molecule has 0 spiro atoms. The molecule has 0 fully saturated rings. The molecule has 4 heteroatoms. The van der Waals surface area contributed by atoms with Gasteiger partial charge in [-0.1, -0.05) is 5.18 Å². The Kier molecular flexibility index (Phi) is 6.83. The van der Waals surface area contributed by atoms with Crippen LogP contribution < -0.4 is 0 Å². The van der Waals surface area contributed by atoms with Crippen molar-refractivity contribution < 1.29 is 4.18 Å². The van der Waals surface area contributed by atoms with E-state index in [0.29, 0.717) is 6.54 Å². The molecule has 0 saturated heterocycles. The first-order chi connectivity index (χ1) is 3.91. The predicted octanol–water partition coefficient (Wildman–Crippen LogP) is 1.44. The summed E-state index contributed by atoms with van der Waals surface area (Å²) in [7, 11) is 1.61. The van der Waals surface area contributed by atoms with Gasteiger partial charge in [-0.2, -0.15) is 4.91 Å². The lowest BCUT2D eigenvalue weighted by atomic mass is 10.5. The fraction of sp³-hybridized carbons (Fsp3) is 1.00. The summed E-state index contributed by atoms with van der Waals surface area (Å²) in [5, 5.41) is 2.69. The SMILES string of the molecule is COSCCCN=O. The molecule has 0 rings (SSSR count). The Balaban J connectivity index is 2.62. The predicted molar refractivity (Wildman–Crippen MR) is 34.7 cm³/mol. The van der Waals surface area contributed by atoms with Crippen molar-refractivity contribution in [2.75, 3.05) is 19.4 Å². The maximum atomic E-state index is 9.47. The lowest BCUT2D eigenvalue weighted by molar-refractivity contribution is 0.489. The lowest BCUT2D eigenvalue weighted by Gasteiger charge is -1.90. The molecule has 0 aromatic carbocycles. The van der Waals surface area contributed by atoms with Gasteiger partial charge in [-0.3, -0.25) is 0 Å². The van der Waals surface area contributed by atoms with Gasteiger partial charge in [-0.15, -0.1) is 0 Å². The third-order valence-corrected chi connectivity index (χ3v) is 1.29. The minimum absolute atomic E-state index is 0.399. The van der Waals surface area contributed by atoms with Crippen molar-refractivity contribution in [3.63, 3.8) is 0 Å². The van der Waals surface area contributed by atoms with Crippen LogP contribution in [0.3, 0.4) is 0 Å². The second-order valence-corrected chi connectivity index (χ2v) is 2.17. The second-order valence-electron chi connectivity index (χ2n) is 1.19. The van der Waals surface area contributed by atoms with E-state index in [1.807, 2.05) is 0 Å². The molecule has 0 aromatic heterocycles. The third kappa shape index (κ3) is 5.91. The molecule has 0 aliphatic carbocycles. The van der Waals surface area contributed by atoms with Crippen LogP contribution in [0.25, 0.3) is 0 Å². The van der Waals surface area contributed by atoms with E-state index in [2.05, 4.69) is 9.36 Å². The minimum atomic E-state index is 0.399. The van der Waals surface area contributed by atoms with Crippen LogP contribution in [0, 0.1) is 4.91 Å². The molecule has 0 N–H and O–H groups in total. The van der Waals surface area contributed by atoms with E-state index in [1.165, 1.54) is 12.0 Å². The van der Waals surface area contributed by atoms with Crippen molar-refractivity contribution in [2.45, 2.75) is 6.42 Å². The summed E-state index contributed by atoms with van der Waals surface area (Å²) in [5.74, 6) is 0.849. The van der Waals surface area contributed by atoms with Gasteiger partial charge in [0.1, 0.15) is 0 Å². The first-order valence-corrected chi connectivity index (χ1v) is 3.27. The zero-order valence-corrected chi connectivity index (χ0v) is 5.61. The van der Waals surface area contributed by atoms with E-state index in [-0.39, 0.29) is 0 Å². The molecule has 0 unspecified atom stereocenters. The molecule has 0 aliphatic rings. The highest BCUT2D eigenvalue weighted by atomic mass is 32.2. The van der Waals surface area contributed by atoms with Crippen LogP contribution in [0.4, 0.5) is 0 Å². The first-order valence-electron chi connectivity index (χ1n) is 2.36. The Morgan fingerprint density at radius 3 is 3.00 bits per heavy atom. The average Bonchev–Trinajstić information content (AvgIpc) is 1.81. The summed E-state index contributed by atoms with van der Waals surface area (Å²) in [6.07, 6.45) is 0.808. The van der Waals surface area contributed by atoms with Crippen LogP contribution in [0.15, 0.2) is 5.18 Å². The normalized spacial score (nSPS) is 9.12. The average molecular weight is 135 g/mol. The van der Waals surface area contributed by atoms with E-state index in [1.54, 1.807) is 7.11 Å². The Morgan fingerprint density at radius 1 is 1.75 bits per heavy atom. The molecule has 8 heavy (non-hydrogen) atoms. The standard InChI is InChI=1S/C4H9NO2S/c1-7-8-4-2-3-5-6/h2-4H2,1H3. The molecule has 0 radical (unpaired) electrons. The lowest BCUT2D eigenvalue weighted by Crippen LogP contribution is -1.82. The van der Waals surface area contributed by atoms with Crippen molar-refractivity contribution in [1.82, 2.24) is 0 Å². The summed E-state index contributed by atoms with van der Waals surface area (Å²) in [6.45, 7) is 0.399. The van der Waals surface area contributed by atoms with E-state index >= 15 is 0 Å². The molecule has 0 aliphatic heterocycles. The van der Waals surface area contributed by atoms with Gasteiger partial charge >= 0.3 is 0 Å². The Bertz CT molecular complexity index is 60.0. The number of rotatable bonds is 5. The molecular weight excluding hydrogens is 126 g/mol. The van der Waals surface area contributed by atoms with Crippen LogP contribution in [-0.4, -0.2) is 19.4 Å². The molecule has 0 heterocycles. The monoisotopic (exact) mass is 135 g/mol. The van der Waals surface area contributed by atoms with Gasteiger partial charge in [0.15, 0.2) is 0 Å². The van der Waals surface area contributed by atoms with Crippen LogP contribution in [-0.2, 0) is 4.18 Å². The van der Waals surface area contributed by atoms with Crippen LogP contribution >= 0.6 is 12.0 Å². The van der Waals surface area contributed by atoms with Gasteiger partial charge in [0.25, 0.3) is 0 Å². The van der Waals surface area contributed by atoms with Crippen molar-refractivity contribution in [3.8, 4) is 0 Å². The van der Waals surface area contributed by atoms with Crippen LogP contribution in [0.2, 0.25) is 0 Å². The number of hydrogen-bond acceptors (Lipinski definition) is 4. The van der Waals surface area contributed by atoms with E-state index in [0.717, 1.165) is 12.2 Å². The second kappa shape index (κ2) is 6.91. The largest absolute Gasteiger partial charge is 0.319 e. The highest BCUT2D eigenvalue weighted by Gasteiger charge is 1.85. The Hall–Kier alpha value is -0.0900. The summed E-state index contributed by atoms with van der Waals surface area (Å²) in [5.41, 5.74) is 0. The highest BCUT2D eigenvalue weighted by molar-refractivity contribution is 7.94. The zero-order valence-electron chi connectivity index (χ0n) is 4.79. The van der Waals surface area contributed by atoms with Crippen molar-refractivity contribution in [2.24, 2.45) is 5.18 Å². The van der Waals surface area contributed by atoms with E-state index in [9.17, 15) is 4.91 Å². The highest BCUT2D eigenvalue weighted by Crippen LogP contribution is 2.00. The molecule has 0 atom stereocenters. The van der Waals surface area contributed by atoms with E-state index in [4.69, 9.17) is 0 Å². The van der Waals surface area contributed by atoms with Gasteiger partial charge in [-0.25, -0.2) is 0 Å². The van der Waals surface area contributed by atoms with Gasteiger partial charge in [0.2, 0.25) is 0 Å².